The number of methoxy groups -OCH3 is 1. The minimum absolute atomic E-state index is 0.319. The first-order chi connectivity index (χ1) is 8.09. The average molecular weight is 234 g/mol. The van der Waals surface area contributed by atoms with Crippen molar-refractivity contribution in [2.75, 3.05) is 7.11 Å². The maximum Gasteiger partial charge on any atom is 0.118 e. The van der Waals surface area contributed by atoms with Crippen LogP contribution in [0.4, 0.5) is 0 Å². The van der Waals surface area contributed by atoms with Crippen molar-refractivity contribution < 1.29 is 9.84 Å². The second-order valence-corrected chi connectivity index (χ2v) is 5.29. The monoisotopic (exact) mass is 234 g/mol. The summed E-state index contributed by atoms with van der Waals surface area (Å²) >= 11 is 0. The van der Waals surface area contributed by atoms with E-state index in [9.17, 15) is 5.11 Å². The summed E-state index contributed by atoms with van der Waals surface area (Å²) in [5, 5.41) is 11.0. The predicted octanol–water partition coefficient (Wildman–Crippen LogP) is 3.34. The maximum atomic E-state index is 11.0. The second-order valence-electron chi connectivity index (χ2n) is 5.29. The first kappa shape index (κ1) is 12.4. The maximum absolute atomic E-state index is 11.0. The van der Waals surface area contributed by atoms with Crippen molar-refractivity contribution >= 4 is 0 Å². The van der Waals surface area contributed by atoms with Gasteiger partial charge in [-0.05, 0) is 42.4 Å². The van der Waals surface area contributed by atoms with Gasteiger partial charge >= 0.3 is 0 Å². The fraction of sp³-hybridized carbons (Fsp3) is 0.600. The molecule has 1 N–H and O–H groups in total. The van der Waals surface area contributed by atoms with Gasteiger partial charge in [0.15, 0.2) is 0 Å². The van der Waals surface area contributed by atoms with Crippen LogP contribution in [0.1, 0.15) is 38.7 Å². The van der Waals surface area contributed by atoms with Crippen molar-refractivity contribution in [1.29, 1.82) is 0 Å². The standard InChI is InChI=1S/C15H22O2/c1-11-5-4-6-12(2)15(11,16)13-7-9-14(17-3)10-8-13/h7-12,16H,4-6H2,1-3H3/t11-,12-/m0/s1. The molecule has 1 aliphatic carbocycles. The second kappa shape index (κ2) is 4.69. The van der Waals surface area contributed by atoms with Crippen molar-refractivity contribution in [3.05, 3.63) is 29.8 Å². The zero-order chi connectivity index (χ0) is 12.5. The summed E-state index contributed by atoms with van der Waals surface area (Å²) in [5.74, 6) is 1.48. The van der Waals surface area contributed by atoms with Gasteiger partial charge in [0.25, 0.3) is 0 Å². The number of benzene rings is 1. The molecule has 1 aromatic carbocycles. The van der Waals surface area contributed by atoms with Crippen LogP contribution in [0.2, 0.25) is 0 Å². The molecule has 0 saturated heterocycles. The molecule has 2 heteroatoms. The van der Waals surface area contributed by atoms with Gasteiger partial charge in [-0.25, -0.2) is 0 Å². The molecule has 94 valence electrons. The molecule has 1 saturated carbocycles. The van der Waals surface area contributed by atoms with Crippen LogP contribution in [-0.2, 0) is 5.60 Å². The van der Waals surface area contributed by atoms with Crippen molar-refractivity contribution in [3.8, 4) is 5.75 Å². The molecule has 1 fully saturated rings. The Morgan fingerprint density at radius 2 is 1.65 bits per heavy atom. The summed E-state index contributed by atoms with van der Waals surface area (Å²) < 4.78 is 5.16. The lowest BCUT2D eigenvalue weighted by molar-refractivity contribution is -0.0892. The van der Waals surface area contributed by atoms with Gasteiger partial charge in [0.1, 0.15) is 5.75 Å². The van der Waals surface area contributed by atoms with Gasteiger partial charge < -0.3 is 9.84 Å². The van der Waals surface area contributed by atoms with E-state index in [4.69, 9.17) is 4.74 Å². The van der Waals surface area contributed by atoms with Crippen molar-refractivity contribution in [3.63, 3.8) is 0 Å². The zero-order valence-electron chi connectivity index (χ0n) is 10.9. The number of ether oxygens (including phenoxy) is 1. The number of rotatable bonds is 2. The Labute approximate surface area is 104 Å². The summed E-state index contributed by atoms with van der Waals surface area (Å²) in [4.78, 5) is 0. The molecule has 0 spiro atoms. The van der Waals surface area contributed by atoms with Crippen LogP contribution in [0.5, 0.6) is 5.75 Å². The van der Waals surface area contributed by atoms with E-state index in [0.29, 0.717) is 11.8 Å². The largest absolute Gasteiger partial charge is 0.497 e. The molecular weight excluding hydrogens is 212 g/mol. The van der Waals surface area contributed by atoms with Gasteiger partial charge in [0.05, 0.1) is 12.7 Å². The SMILES string of the molecule is COc1ccc(C2(O)[C@@H](C)CCC[C@@H]2C)cc1. The first-order valence-electron chi connectivity index (χ1n) is 6.46. The van der Waals surface area contributed by atoms with Gasteiger partial charge in [-0.1, -0.05) is 32.4 Å². The lowest BCUT2D eigenvalue weighted by atomic mass is 9.66. The van der Waals surface area contributed by atoms with E-state index in [2.05, 4.69) is 13.8 Å². The van der Waals surface area contributed by atoms with Crippen molar-refractivity contribution in [2.24, 2.45) is 11.8 Å². The molecule has 1 aliphatic rings. The van der Waals surface area contributed by atoms with E-state index in [-0.39, 0.29) is 0 Å². The zero-order valence-corrected chi connectivity index (χ0v) is 10.9. The highest BCUT2D eigenvalue weighted by molar-refractivity contribution is 5.32. The van der Waals surface area contributed by atoms with Crippen LogP contribution in [0, 0.1) is 11.8 Å². The van der Waals surface area contributed by atoms with E-state index in [1.165, 1.54) is 6.42 Å². The molecule has 0 heterocycles. The summed E-state index contributed by atoms with van der Waals surface area (Å²) in [7, 11) is 1.66. The third-order valence-corrected chi connectivity index (χ3v) is 4.33. The highest BCUT2D eigenvalue weighted by atomic mass is 16.5. The molecule has 0 unspecified atom stereocenters. The highest BCUT2D eigenvalue weighted by Gasteiger charge is 2.42. The number of hydrogen-bond acceptors (Lipinski definition) is 2. The van der Waals surface area contributed by atoms with E-state index in [1.54, 1.807) is 7.11 Å². The van der Waals surface area contributed by atoms with Crippen LogP contribution in [0.3, 0.4) is 0 Å². The fourth-order valence-electron chi connectivity index (χ4n) is 3.08. The molecule has 0 bridgehead atoms. The summed E-state index contributed by atoms with van der Waals surface area (Å²) in [6, 6.07) is 7.86. The molecule has 2 atom stereocenters. The topological polar surface area (TPSA) is 29.5 Å². The van der Waals surface area contributed by atoms with E-state index >= 15 is 0 Å². The first-order valence-corrected chi connectivity index (χ1v) is 6.46. The van der Waals surface area contributed by atoms with Gasteiger partial charge in [-0.15, -0.1) is 0 Å². The normalized spacial score (nSPS) is 27.8. The molecule has 17 heavy (non-hydrogen) atoms. The minimum Gasteiger partial charge on any atom is -0.497 e. The Bertz CT molecular complexity index is 359. The van der Waals surface area contributed by atoms with Crippen LogP contribution in [0.15, 0.2) is 24.3 Å². The highest BCUT2D eigenvalue weighted by Crippen LogP contribution is 2.45. The quantitative estimate of drug-likeness (QED) is 0.850. The summed E-state index contributed by atoms with van der Waals surface area (Å²) in [6.07, 6.45) is 3.43. The lowest BCUT2D eigenvalue weighted by Crippen LogP contribution is -2.42. The Kier molecular flexibility index (Phi) is 3.43. The molecule has 0 aliphatic heterocycles. The van der Waals surface area contributed by atoms with Crippen molar-refractivity contribution in [2.45, 2.75) is 38.7 Å². The number of aliphatic hydroxyl groups is 1. The molecule has 0 aromatic heterocycles. The average Bonchev–Trinajstić information content (AvgIpc) is 2.36. The summed E-state index contributed by atoms with van der Waals surface area (Å²) in [5.41, 5.74) is 0.350. The minimum atomic E-state index is -0.676. The van der Waals surface area contributed by atoms with Gasteiger partial charge in [-0.3, -0.25) is 0 Å². The van der Waals surface area contributed by atoms with E-state index < -0.39 is 5.60 Å². The lowest BCUT2D eigenvalue weighted by Gasteiger charge is -2.43. The molecule has 1 aromatic rings. The van der Waals surface area contributed by atoms with Crippen molar-refractivity contribution in [1.82, 2.24) is 0 Å². The molecule has 0 radical (unpaired) electrons. The summed E-state index contributed by atoms with van der Waals surface area (Å²) in [6.45, 7) is 4.31. The Morgan fingerprint density at radius 3 is 2.12 bits per heavy atom. The van der Waals surface area contributed by atoms with Gasteiger partial charge in [0.2, 0.25) is 0 Å². The van der Waals surface area contributed by atoms with E-state index in [0.717, 1.165) is 24.2 Å². The fourth-order valence-corrected chi connectivity index (χ4v) is 3.08. The Hall–Kier alpha value is -1.02. The third kappa shape index (κ3) is 2.06. The molecule has 0 amide bonds. The number of hydrogen-bond donors (Lipinski definition) is 1. The Morgan fingerprint density at radius 1 is 1.12 bits per heavy atom. The Balaban J connectivity index is 2.34. The molecule has 2 rings (SSSR count). The van der Waals surface area contributed by atoms with Crippen LogP contribution < -0.4 is 4.74 Å². The predicted molar refractivity (Wildman–Crippen MR) is 69.1 cm³/mol. The third-order valence-electron chi connectivity index (χ3n) is 4.33. The van der Waals surface area contributed by atoms with Crippen LogP contribution in [0.25, 0.3) is 0 Å². The van der Waals surface area contributed by atoms with E-state index in [1.807, 2.05) is 24.3 Å². The van der Waals surface area contributed by atoms with Gasteiger partial charge in [-0.2, -0.15) is 0 Å². The molecular formula is C15H22O2. The van der Waals surface area contributed by atoms with Crippen LogP contribution in [-0.4, -0.2) is 12.2 Å². The molecule has 2 nitrogen and oxygen atoms in total. The smallest absolute Gasteiger partial charge is 0.118 e. The van der Waals surface area contributed by atoms with Gasteiger partial charge in [0, 0.05) is 0 Å². The van der Waals surface area contributed by atoms with Crippen LogP contribution >= 0.6 is 0 Å².